The third-order valence-electron chi connectivity index (χ3n) is 3.62. The van der Waals surface area contributed by atoms with Gasteiger partial charge in [0.15, 0.2) is 17.5 Å². The predicted molar refractivity (Wildman–Crippen MR) is 95.2 cm³/mol. The van der Waals surface area contributed by atoms with Crippen molar-refractivity contribution in [3.05, 3.63) is 59.4 Å². The molecule has 2 aromatic rings. The molecule has 0 spiro atoms. The van der Waals surface area contributed by atoms with Crippen molar-refractivity contribution in [1.82, 2.24) is 0 Å². The van der Waals surface area contributed by atoms with Crippen molar-refractivity contribution in [2.75, 3.05) is 17.2 Å². The maximum absolute atomic E-state index is 13.6. The Labute approximate surface area is 158 Å². The van der Waals surface area contributed by atoms with Crippen molar-refractivity contribution in [3.8, 4) is 0 Å². The van der Waals surface area contributed by atoms with Gasteiger partial charge < -0.3 is 15.4 Å². The molecule has 9 heteroatoms. The number of carbonyl (C=O) groups is 3. The molecule has 0 unspecified atom stereocenters. The molecule has 0 fully saturated rings. The van der Waals surface area contributed by atoms with Crippen LogP contribution < -0.4 is 10.6 Å². The second-order valence-corrected chi connectivity index (χ2v) is 5.67. The Hall–Kier alpha value is -3.36. The fourth-order valence-electron chi connectivity index (χ4n) is 2.14. The number of nitrogens with one attached hydrogen (secondary N) is 2. The molecule has 2 rings (SSSR count). The second kappa shape index (κ2) is 9.54. The zero-order valence-corrected chi connectivity index (χ0v) is 14.9. The van der Waals surface area contributed by atoms with Crippen molar-refractivity contribution >= 4 is 29.2 Å². The highest BCUT2D eigenvalue weighted by Gasteiger charge is 2.21. The number of hydrogen-bond acceptors (Lipinski definition) is 4. The molecule has 2 N–H and O–H groups in total. The van der Waals surface area contributed by atoms with Crippen LogP contribution in [0.4, 0.5) is 24.5 Å². The van der Waals surface area contributed by atoms with Crippen molar-refractivity contribution in [1.29, 1.82) is 0 Å². The van der Waals surface area contributed by atoms with Crippen LogP contribution in [0.5, 0.6) is 0 Å². The number of para-hydroxylation sites is 1. The Bertz CT molecular complexity index is 903. The van der Waals surface area contributed by atoms with Gasteiger partial charge in [-0.3, -0.25) is 9.59 Å². The lowest BCUT2D eigenvalue weighted by molar-refractivity contribution is -0.133. The average molecular weight is 394 g/mol. The molecule has 0 aromatic heterocycles. The maximum atomic E-state index is 13.6. The molecule has 28 heavy (non-hydrogen) atoms. The van der Waals surface area contributed by atoms with Crippen molar-refractivity contribution in [3.63, 3.8) is 0 Å². The van der Waals surface area contributed by atoms with E-state index in [9.17, 15) is 27.6 Å². The minimum absolute atomic E-state index is 0.00917. The number of esters is 1. The third kappa shape index (κ3) is 5.09. The number of anilines is 2. The molecular formula is C19H17F3N2O4. The molecule has 0 aliphatic carbocycles. The summed E-state index contributed by atoms with van der Waals surface area (Å²) in [5.41, 5.74) is -0.667. The number of carbonyl (C=O) groups excluding carboxylic acids is 3. The second-order valence-electron chi connectivity index (χ2n) is 5.67. The summed E-state index contributed by atoms with van der Waals surface area (Å²) in [5, 5.41) is 4.05. The molecule has 0 saturated carbocycles. The Kier molecular flexibility index (Phi) is 7.14. The zero-order valence-electron chi connectivity index (χ0n) is 14.9. The highest BCUT2D eigenvalue weighted by atomic mass is 19.2. The summed E-state index contributed by atoms with van der Waals surface area (Å²) < 4.78 is 44.8. The van der Waals surface area contributed by atoms with Gasteiger partial charge in [-0.15, -0.1) is 0 Å². The quantitative estimate of drug-likeness (QED) is 0.339. The first kappa shape index (κ1) is 20.9. The van der Waals surface area contributed by atoms with Crippen LogP contribution in [0.1, 0.15) is 30.1 Å². The highest BCUT2D eigenvalue weighted by Crippen LogP contribution is 2.20. The fraction of sp³-hybridized carbons (Fsp3) is 0.211. The Morgan fingerprint density at radius 3 is 2.21 bits per heavy atom. The zero-order chi connectivity index (χ0) is 20.7. The minimum Gasteiger partial charge on any atom is -0.462 e. The normalized spacial score (nSPS) is 10.3. The van der Waals surface area contributed by atoms with Crippen LogP contribution >= 0.6 is 0 Å². The number of unbranched alkanes of at least 4 members (excludes halogenated alkanes) is 1. The van der Waals surface area contributed by atoms with E-state index in [0.717, 1.165) is 12.5 Å². The average Bonchev–Trinajstić information content (AvgIpc) is 2.68. The summed E-state index contributed by atoms with van der Waals surface area (Å²) >= 11 is 0. The molecular weight excluding hydrogens is 377 g/mol. The number of halogens is 3. The molecule has 0 saturated heterocycles. The van der Waals surface area contributed by atoms with Gasteiger partial charge in [0.2, 0.25) is 0 Å². The van der Waals surface area contributed by atoms with E-state index in [1.807, 2.05) is 12.2 Å². The van der Waals surface area contributed by atoms with Crippen LogP contribution in [0.15, 0.2) is 36.4 Å². The predicted octanol–water partition coefficient (Wildman–Crippen LogP) is 3.64. The Morgan fingerprint density at radius 1 is 0.893 bits per heavy atom. The van der Waals surface area contributed by atoms with Crippen LogP contribution in [0.3, 0.4) is 0 Å². The monoisotopic (exact) mass is 394 g/mol. The van der Waals surface area contributed by atoms with Gasteiger partial charge in [-0.1, -0.05) is 25.5 Å². The number of rotatable bonds is 6. The molecule has 0 aliphatic rings. The van der Waals surface area contributed by atoms with Crippen LogP contribution in [0.2, 0.25) is 0 Å². The van der Waals surface area contributed by atoms with Crippen LogP contribution in [-0.2, 0) is 14.3 Å². The first-order valence-electron chi connectivity index (χ1n) is 8.37. The van der Waals surface area contributed by atoms with Crippen LogP contribution in [-0.4, -0.2) is 24.4 Å². The summed E-state index contributed by atoms with van der Waals surface area (Å²) in [6, 6.07) is 7.22. The van der Waals surface area contributed by atoms with E-state index >= 15 is 0 Å². The van der Waals surface area contributed by atoms with E-state index in [-0.39, 0.29) is 17.9 Å². The van der Waals surface area contributed by atoms with E-state index in [1.165, 1.54) is 18.2 Å². The molecule has 6 nitrogen and oxygen atoms in total. The largest absolute Gasteiger partial charge is 0.462 e. The van der Waals surface area contributed by atoms with Crippen molar-refractivity contribution in [2.24, 2.45) is 0 Å². The first-order valence-corrected chi connectivity index (χ1v) is 8.37. The van der Waals surface area contributed by atoms with E-state index in [0.29, 0.717) is 12.5 Å². The van der Waals surface area contributed by atoms with Crippen LogP contribution in [0.25, 0.3) is 0 Å². The van der Waals surface area contributed by atoms with Gasteiger partial charge in [-0.05, 0) is 30.7 Å². The molecule has 0 radical (unpaired) electrons. The van der Waals surface area contributed by atoms with Gasteiger partial charge in [-0.25, -0.2) is 18.0 Å². The Balaban J connectivity index is 2.09. The smallest absolute Gasteiger partial charge is 0.340 e. The van der Waals surface area contributed by atoms with Gasteiger partial charge in [-0.2, -0.15) is 0 Å². The standard InChI is InChI=1S/C19H17F3N2O4/c1-2-3-10-28-19(27)11-6-4-5-7-13(11)23-17(25)18(26)24-14-9-8-12(20)15(21)16(14)22/h4-9H,2-3,10H2,1H3,(H,23,25)(H,24,26). The SMILES string of the molecule is CCCCOC(=O)c1ccccc1NC(=O)C(=O)Nc1ccc(F)c(F)c1F. The lowest BCUT2D eigenvalue weighted by Gasteiger charge is -2.11. The molecule has 0 heterocycles. The van der Waals surface area contributed by atoms with Crippen molar-refractivity contribution in [2.45, 2.75) is 19.8 Å². The molecule has 2 aromatic carbocycles. The van der Waals surface area contributed by atoms with E-state index in [2.05, 4.69) is 5.32 Å². The fourth-order valence-corrected chi connectivity index (χ4v) is 2.14. The maximum Gasteiger partial charge on any atom is 0.340 e. The van der Waals surface area contributed by atoms with Gasteiger partial charge in [0, 0.05) is 0 Å². The van der Waals surface area contributed by atoms with E-state index in [4.69, 9.17) is 4.74 Å². The lowest BCUT2D eigenvalue weighted by atomic mass is 10.1. The molecule has 0 bridgehead atoms. The Morgan fingerprint density at radius 2 is 1.54 bits per heavy atom. The van der Waals surface area contributed by atoms with E-state index in [1.54, 1.807) is 6.07 Å². The molecule has 2 amide bonds. The van der Waals surface area contributed by atoms with Gasteiger partial charge in [0.05, 0.1) is 23.5 Å². The third-order valence-corrected chi connectivity index (χ3v) is 3.62. The molecule has 0 atom stereocenters. The summed E-state index contributed by atoms with van der Waals surface area (Å²) in [4.78, 5) is 36.1. The summed E-state index contributed by atoms with van der Waals surface area (Å²) in [5.74, 6) is -8.11. The van der Waals surface area contributed by atoms with Gasteiger partial charge in [0.1, 0.15) is 0 Å². The van der Waals surface area contributed by atoms with E-state index < -0.39 is 40.9 Å². The van der Waals surface area contributed by atoms with Crippen LogP contribution in [0, 0.1) is 17.5 Å². The number of ether oxygens (including phenoxy) is 1. The first-order chi connectivity index (χ1) is 13.3. The van der Waals surface area contributed by atoms with Crippen molar-refractivity contribution < 1.29 is 32.3 Å². The molecule has 148 valence electrons. The highest BCUT2D eigenvalue weighted by molar-refractivity contribution is 6.44. The topological polar surface area (TPSA) is 84.5 Å². The molecule has 0 aliphatic heterocycles. The minimum atomic E-state index is -1.78. The number of amides is 2. The number of hydrogen-bond donors (Lipinski definition) is 2. The summed E-state index contributed by atoms with van der Waals surface area (Å²) in [7, 11) is 0. The lowest BCUT2D eigenvalue weighted by Crippen LogP contribution is -2.30. The van der Waals surface area contributed by atoms with Gasteiger partial charge >= 0.3 is 17.8 Å². The summed E-state index contributed by atoms with van der Waals surface area (Å²) in [6.45, 7) is 2.13. The van der Waals surface area contributed by atoms with Gasteiger partial charge in [0.25, 0.3) is 0 Å². The summed E-state index contributed by atoms with van der Waals surface area (Å²) in [6.07, 6.45) is 1.49. The number of benzene rings is 2.